The first-order valence-electron chi connectivity index (χ1n) is 11.4. The van der Waals surface area contributed by atoms with E-state index in [0.29, 0.717) is 16.5 Å². The molecular formula is C28H23ClN2O4. The summed E-state index contributed by atoms with van der Waals surface area (Å²) in [5.41, 5.74) is 2.85. The molecule has 2 aliphatic rings. The lowest BCUT2D eigenvalue weighted by atomic mass is 9.62. The summed E-state index contributed by atoms with van der Waals surface area (Å²) in [5.74, 6) is 0.483. The minimum Gasteiger partial charge on any atom is -0.492 e. The van der Waals surface area contributed by atoms with Gasteiger partial charge in [-0.3, -0.25) is 4.79 Å². The topological polar surface area (TPSA) is 62.6 Å². The standard InChI is InChI=1S/C28H23ClN2O4/c1-17-23-24-20-13-7-9-15-22(20)34-16-28(24,27(32)33-2)25(19-12-6-8-14-21(19)29)35-26(23)31(30-17)18-10-4-3-5-11-18/h3-15,24-25H,16H2,1-2H3/t24-,25-,28+/m0/s1. The minimum atomic E-state index is -1.21. The Morgan fingerprint density at radius 3 is 2.46 bits per heavy atom. The summed E-state index contributed by atoms with van der Waals surface area (Å²) in [6, 6.07) is 25.0. The van der Waals surface area contributed by atoms with Crippen molar-refractivity contribution in [2.24, 2.45) is 5.41 Å². The number of para-hydroxylation sites is 2. The van der Waals surface area contributed by atoms with Gasteiger partial charge in [0.25, 0.3) is 0 Å². The first-order valence-corrected chi connectivity index (χ1v) is 11.8. The monoisotopic (exact) mass is 486 g/mol. The highest BCUT2D eigenvalue weighted by molar-refractivity contribution is 6.31. The van der Waals surface area contributed by atoms with Gasteiger partial charge in [-0.1, -0.05) is 66.2 Å². The van der Waals surface area contributed by atoms with Crippen molar-refractivity contribution in [3.05, 3.63) is 106 Å². The van der Waals surface area contributed by atoms with Crippen LogP contribution in [0.25, 0.3) is 5.69 Å². The third-order valence-corrected chi connectivity index (χ3v) is 7.36. The second kappa shape index (κ2) is 8.17. The zero-order valence-corrected chi connectivity index (χ0v) is 20.0. The van der Waals surface area contributed by atoms with Crippen LogP contribution in [0, 0.1) is 12.3 Å². The number of fused-ring (bicyclic) bond motifs is 5. The van der Waals surface area contributed by atoms with E-state index in [1.165, 1.54) is 7.11 Å². The van der Waals surface area contributed by atoms with E-state index in [1.807, 2.05) is 79.7 Å². The highest BCUT2D eigenvalue weighted by atomic mass is 35.5. The molecule has 3 heterocycles. The van der Waals surface area contributed by atoms with Crippen molar-refractivity contribution in [3.8, 4) is 17.3 Å². The lowest BCUT2D eigenvalue weighted by molar-refractivity contribution is -0.168. The molecule has 6 rings (SSSR count). The zero-order chi connectivity index (χ0) is 24.2. The van der Waals surface area contributed by atoms with E-state index in [-0.39, 0.29) is 6.61 Å². The van der Waals surface area contributed by atoms with Crippen molar-refractivity contribution in [3.63, 3.8) is 0 Å². The molecule has 3 aromatic carbocycles. The number of ether oxygens (including phenoxy) is 3. The molecule has 7 heteroatoms. The summed E-state index contributed by atoms with van der Waals surface area (Å²) in [5, 5.41) is 5.36. The molecule has 0 unspecified atom stereocenters. The van der Waals surface area contributed by atoms with Crippen LogP contribution < -0.4 is 9.47 Å². The highest BCUT2D eigenvalue weighted by Gasteiger charge is 2.63. The quantitative estimate of drug-likeness (QED) is 0.350. The third kappa shape index (κ3) is 3.09. The van der Waals surface area contributed by atoms with Gasteiger partial charge in [-0.2, -0.15) is 5.10 Å². The lowest BCUT2D eigenvalue weighted by Gasteiger charge is -2.49. The van der Waals surface area contributed by atoms with E-state index in [9.17, 15) is 4.79 Å². The van der Waals surface area contributed by atoms with Crippen LogP contribution in [0.5, 0.6) is 11.6 Å². The maximum absolute atomic E-state index is 13.8. The maximum Gasteiger partial charge on any atom is 0.320 e. The van der Waals surface area contributed by atoms with E-state index in [4.69, 9.17) is 30.9 Å². The number of nitrogens with zero attached hydrogens (tertiary/aromatic N) is 2. The molecule has 6 nitrogen and oxygen atoms in total. The van der Waals surface area contributed by atoms with Crippen LogP contribution in [0.1, 0.15) is 34.4 Å². The second-order valence-corrected chi connectivity index (χ2v) is 9.27. The predicted molar refractivity (Wildman–Crippen MR) is 131 cm³/mol. The third-order valence-electron chi connectivity index (χ3n) is 7.01. The van der Waals surface area contributed by atoms with Gasteiger partial charge in [-0.05, 0) is 31.2 Å². The molecule has 1 aromatic heterocycles. The molecule has 0 amide bonds. The van der Waals surface area contributed by atoms with Crippen LogP contribution >= 0.6 is 11.6 Å². The van der Waals surface area contributed by atoms with Crippen LogP contribution in [0.3, 0.4) is 0 Å². The van der Waals surface area contributed by atoms with Gasteiger partial charge in [0.15, 0.2) is 5.41 Å². The summed E-state index contributed by atoms with van der Waals surface area (Å²) in [6.07, 6.45) is -0.770. The molecule has 2 aliphatic heterocycles. The summed E-state index contributed by atoms with van der Waals surface area (Å²) < 4.78 is 20.2. The molecule has 0 spiro atoms. The molecule has 0 N–H and O–H groups in total. The summed E-state index contributed by atoms with van der Waals surface area (Å²) in [6.45, 7) is 2.02. The van der Waals surface area contributed by atoms with Gasteiger partial charge in [0.05, 0.1) is 18.5 Å². The van der Waals surface area contributed by atoms with Crippen molar-refractivity contribution in [1.82, 2.24) is 9.78 Å². The van der Waals surface area contributed by atoms with E-state index in [1.54, 1.807) is 10.7 Å². The van der Waals surface area contributed by atoms with Crippen molar-refractivity contribution >= 4 is 17.6 Å². The molecule has 0 aliphatic carbocycles. The Morgan fingerprint density at radius 1 is 1.03 bits per heavy atom. The smallest absolute Gasteiger partial charge is 0.320 e. The Balaban J connectivity index is 1.70. The Labute approximate surface area is 208 Å². The van der Waals surface area contributed by atoms with E-state index < -0.39 is 23.4 Å². The lowest BCUT2D eigenvalue weighted by Crippen LogP contribution is -2.54. The Bertz CT molecular complexity index is 1430. The van der Waals surface area contributed by atoms with Gasteiger partial charge in [0.1, 0.15) is 18.5 Å². The average Bonchev–Trinajstić information content (AvgIpc) is 3.24. The zero-order valence-electron chi connectivity index (χ0n) is 19.3. The first-order chi connectivity index (χ1) is 17.1. The van der Waals surface area contributed by atoms with Crippen molar-refractivity contribution in [1.29, 1.82) is 0 Å². The Hall–Kier alpha value is -3.77. The van der Waals surface area contributed by atoms with Crippen LogP contribution in [0.2, 0.25) is 5.02 Å². The molecule has 0 radical (unpaired) electrons. The molecule has 35 heavy (non-hydrogen) atoms. The minimum absolute atomic E-state index is 0.0760. The van der Waals surface area contributed by atoms with Crippen LogP contribution in [0.15, 0.2) is 78.9 Å². The first kappa shape index (κ1) is 21.7. The van der Waals surface area contributed by atoms with Gasteiger partial charge in [-0.25, -0.2) is 4.68 Å². The van der Waals surface area contributed by atoms with Gasteiger partial charge in [-0.15, -0.1) is 0 Å². The number of carbonyl (C=O) groups is 1. The number of methoxy groups -OCH3 is 1. The number of rotatable bonds is 3. The number of esters is 1. The largest absolute Gasteiger partial charge is 0.492 e. The summed E-state index contributed by atoms with van der Waals surface area (Å²) in [7, 11) is 1.40. The number of halogens is 1. The second-order valence-electron chi connectivity index (χ2n) is 8.86. The molecule has 0 saturated carbocycles. The number of hydrogen-bond donors (Lipinski definition) is 0. The average molecular weight is 487 g/mol. The number of benzene rings is 3. The van der Waals surface area contributed by atoms with Crippen LogP contribution in [-0.4, -0.2) is 29.5 Å². The highest BCUT2D eigenvalue weighted by Crippen LogP contribution is 2.62. The van der Waals surface area contributed by atoms with E-state index in [2.05, 4.69) is 0 Å². The molecule has 0 bridgehead atoms. The predicted octanol–water partition coefficient (Wildman–Crippen LogP) is 5.65. The van der Waals surface area contributed by atoms with Gasteiger partial charge < -0.3 is 14.2 Å². The maximum atomic E-state index is 13.8. The van der Waals surface area contributed by atoms with E-state index in [0.717, 1.165) is 28.3 Å². The fraction of sp³-hybridized carbons (Fsp3) is 0.214. The number of hydrogen-bond acceptors (Lipinski definition) is 5. The van der Waals surface area contributed by atoms with Gasteiger partial charge in [0, 0.05) is 27.6 Å². The number of aryl methyl sites for hydroxylation is 1. The number of aromatic nitrogens is 2. The molecule has 0 saturated heterocycles. The molecule has 4 aromatic rings. The van der Waals surface area contributed by atoms with Crippen LogP contribution in [0.4, 0.5) is 0 Å². The molecule has 3 atom stereocenters. The summed E-state index contributed by atoms with van der Waals surface area (Å²) >= 11 is 6.69. The van der Waals surface area contributed by atoms with E-state index >= 15 is 0 Å². The Kier molecular flexibility index (Phi) is 5.07. The Morgan fingerprint density at radius 2 is 1.71 bits per heavy atom. The van der Waals surface area contributed by atoms with Crippen molar-refractivity contribution in [2.45, 2.75) is 18.9 Å². The summed E-state index contributed by atoms with van der Waals surface area (Å²) in [4.78, 5) is 13.8. The van der Waals surface area contributed by atoms with Crippen molar-refractivity contribution in [2.75, 3.05) is 13.7 Å². The number of carbonyl (C=O) groups excluding carboxylic acids is 1. The van der Waals surface area contributed by atoms with Crippen molar-refractivity contribution < 1.29 is 19.0 Å². The molecular weight excluding hydrogens is 464 g/mol. The SMILES string of the molecule is COC(=O)[C@]12COc3ccccc3[C@H]1c1c(C)nn(-c3ccccc3)c1O[C@H]2c1ccccc1Cl. The molecule has 176 valence electrons. The van der Waals surface area contributed by atoms with Gasteiger partial charge in [0.2, 0.25) is 5.88 Å². The van der Waals surface area contributed by atoms with Crippen LogP contribution in [-0.2, 0) is 9.53 Å². The molecule has 0 fully saturated rings. The fourth-order valence-electron chi connectivity index (χ4n) is 5.48. The fourth-order valence-corrected chi connectivity index (χ4v) is 5.71. The normalized spacial score (nSPS) is 22.1. The van der Waals surface area contributed by atoms with Gasteiger partial charge >= 0.3 is 5.97 Å².